The largest absolute Gasteiger partial charge is 0.487 e. The van der Waals surface area contributed by atoms with Crippen molar-refractivity contribution >= 4 is 40.6 Å². The molecule has 0 unspecified atom stereocenters. The minimum Gasteiger partial charge on any atom is -0.487 e. The number of aromatic nitrogens is 2. The molecule has 0 saturated heterocycles. The summed E-state index contributed by atoms with van der Waals surface area (Å²) in [5, 5.41) is 8.15. The summed E-state index contributed by atoms with van der Waals surface area (Å²) in [4.78, 5) is 33.4. The quantitative estimate of drug-likeness (QED) is 0.321. The molecule has 4 aromatic rings. The number of carbonyl (C=O) groups is 2. The monoisotopic (exact) mass is 488 g/mol. The lowest BCUT2D eigenvalue weighted by atomic mass is 10.2. The zero-order valence-corrected chi connectivity index (χ0v) is 19.5. The first-order valence-electron chi connectivity index (χ1n) is 10.6. The Morgan fingerprint density at radius 2 is 1.89 bits per heavy atom. The van der Waals surface area contributed by atoms with Crippen molar-refractivity contribution in [2.24, 2.45) is 0 Å². The highest BCUT2D eigenvalue weighted by atomic mass is 32.1. The van der Waals surface area contributed by atoms with E-state index in [1.54, 1.807) is 41.7 Å². The van der Waals surface area contributed by atoms with Crippen molar-refractivity contribution in [2.45, 2.75) is 13.5 Å². The molecule has 176 valence electrons. The predicted molar refractivity (Wildman–Crippen MR) is 134 cm³/mol. The van der Waals surface area contributed by atoms with Gasteiger partial charge in [0.15, 0.2) is 0 Å². The number of carbonyl (C=O) groups excluding carboxylic acids is 2. The molecular formula is C26H21FN4O3S. The SMILES string of the molecule is Cc1nc(COc2ccccc2/C=C/C(=O)Nc2cc(F)ccc2NC(=O)c2ccccn2)cs1. The standard InChI is InChI=1S/C26H21FN4O3S/c1-17-29-20(16-35-17)15-34-24-8-3-2-6-18(24)9-12-25(32)30-23-14-19(27)10-11-21(23)31-26(33)22-7-4-5-13-28-22/h2-14,16H,15H2,1H3,(H,30,32)(H,31,33)/b12-9+. The summed E-state index contributed by atoms with van der Waals surface area (Å²) in [7, 11) is 0. The molecule has 2 aromatic carbocycles. The number of nitrogens with zero attached hydrogens (tertiary/aromatic N) is 2. The maximum atomic E-state index is 13.9. The predicted octanol–water partition coefficient (Wildman–Crippen LogP) is 5.47. The number of halogens is 1. The second-order valence-corrected chi connectivity index (χ2v) is 8.43. The first-order chi connectivity index (χ1) is 17.0. The van der Waals surface area contributed by atoms with E-state index >= 15 is 0 Å². The second-order valence-electron chi connectivity index (χ2n) is 7.37. The summed E-state index contributed by atoms with van der Waals surface area (Å²) in [5.41, 5.74) is 2.07. The van der Waals surface area contributed by atoms with E-state index in [9.17, 15) is 14.0 Å². The van der Waals surface area contributed by atoms with Crippen LogP contribution in [-0.4, -0.2) is 21.8 Å². The van der Waals surface area contributed by atoms with Gasteiger partial charge in [-0.3, -0.25) is 14.6 Å². The van der Waals surface area contributed by atoms with Gasteiger partial charge in [0.2, 0.25) is 5.91 Å². The van der Waals surface area contributed by atoms with Crippen LogP contribution in [0.25, 0.3) is 6.08 Å². The van der Waals surface area contributed by atoms with Gasteiger partial charge < -0.3 is 15.4 Å². The first-order valence-corrected chi connectivity index (χ1v) is 11.5. The van der Waals surface area contributed by atoms with Crippen molar-refractivity contribution in [3.63, 3.8) is 0 Å². The molecular weight excluding hydrogens is 467 g/mol. The zero-order chi connectivity index (χ0) is 24.6. The molecule has 0 bridgehead atoms. The van der Waals surface area contributed by atoms with Gasteiger partial charge in [-0.2, -0.15) is 0 Å². The smallest absolute Gasteiger partial charge is 0.274 e. The number of anilines is 2. The Morgan fingerprint density at radius 3 is 2.66 bits per heavy atom. The van der Waals surface area contributed by atoms with E-state index in [0.717, 1.165) is 16.8 Å². The lowest BCUT2D eigenvalue weighted by molar-refractivity contribution is -0.111. The van der Waals surface area contributed by atoms with E-state index in [2.05, 4.69) is 20.6 Å². The van der Waals surface area contributed by atoms with Crippen LogP contribution in [-0.2, 0) is 11.4 Å². The van der Waals surface area contributed by atoms with Gasteiger partial charge in [0.05, 0.1) is 22.1 Å². The molecule has 0 saturated carbocycles. The Labute approximate surface area is 205 Å². The van der Waals surface area contributed by atoms with Crippen LogP contribution in [0, 0.1) is 12.7 Å². The zero-order valence-electron chi connectivity index (χ0n) is 18.7. The molecule has 2 heterocycles. The van der Waals surface area contributed by atoms with Crippen LogP contribution in [0.2, 0.25) is 0 Å². The third-order valence-electron chi connectivity index (χ3n) is 4.76. The van der Waals surface area contributed by atoms with E-state index < -0.39 is 17.6 Å². The number of thiazole rings is 1. The van der Waals surface area contributed by atoms with Crippen molar-refractivity contribution < 1.29 is 18.7 Å². The lowest BCUT2D eigenvalue weighted by Crippen LogP contribution is -2.16. The van der Waals surface area contributed by atoms with Gasteiger partial charge in [0.25, 0.3) is 5.91 Å². The van der Waals surface area contributed by atoms with E-state index in [0.29, 0.717) is 17.9 Å². The average Bonchev–Trinajstić information content (AvgIpc) is 3.29. The van der Waals surface area contributed by atoms with E-state index in [1.807, 2.05) is 30.5 Å². The van der Waals surface area contributed by atoms with E-state index in [1.165, 1.54) is 24.4 Å². The van der Waals surface area contributed by atoms with Gasteiger partial charge in [-0.25, -0.2) is 9.37 Å². The highest BCUT2D eigenvalue weighted by Gasteiger charge is 2.12. The molecule has 2 aromatic heterocycles. The van der Waals surface area contributed by atoms with Crippen LogP contribution < -0.4 is 15.4 Å². The van der Waals surface area contributed by atoms with Gasteiger partial charge in [-0.1, -0.05) is 24.3 Å². The maximum Gasteiger partial charge on any atom is 0.274 e. The van der Waals surface area contributed by atoms with Crippen molar-refractivity contribution in [3.05, 3.63) is 106 Å². The van der Waals surface area contributed by atoms with Crippen LogP contribution in [0.5, 0.6) is 5.75 Å². The summed E-state index contributed by atoms with van der Waals surface area (Å²) in [6.45, 7) is 2.24. The molecule has 0 aliphatic carbocycles. The summed E-state index contributed by atoms with van der Waals surface area (Å²) in [6, 6.07) is 15.9. The first kappa shape index (κ1) is 23.8. The number of pyridine rings is 1. The Bertz CT molecular complexity index is 1370. The Kier molecular flexibility index (Phi) is 7.59. The van der Waals surface area contributed by atoms with Crippen molar-refractivity contribution in [3.8, 4) is 5.75 Å². The van der Waals surface area contributed by atoms with Crippen molar-refractivity contribution in [1.29, 1.82) is 0 Å². The summed E-state index contributed by atoms with van der Waals surface area (Å²) in [6.07, 6.45) is 4.40. The Balaban J connectivity index is 1.45. The molecule has 2 amide bonds. The van der Waals surface area contributed by atoms with Gasteiger partial charge in [-0.05, 0) is 49.4 Å². The number of hydrogen-bond donors (Lipinski definition) is 2. The van der Waals surface area contributed by atoms with Crippen LogP contribution in [0.1, 0.15) is 26.8 Å². The number of rotatable bonds is 8. The number of nitrogens with one attached hydrogen (secondary N) is 2. The van der Waals surface area contributed by atoms with E-state index in [-0.39, 0.29) is 17.1 Å². The normalized spacial score (nSPS) is 10.8. The van der Waals surface area contributed by atoms with Gasteiger partial charge in [-0.15, -0.1) is 11.3 Å². The fourth-order valence-electron chi connectivity index (χ4n) is 3.13. The molecule has 2 N–H and O–H groups in total. The van der Waals surface area contributed by atoms with Crippen LogP contribution in [0.3, 0.4) is 0 Å². The van der Waals surface area contributed by atoms with Gasteiger partial charge in [0, 0.05) is 23.2 Å². The van der Waals surface area contributed by atoms with Crippen LogP contribution in [0.15, 0.2) is 78.3 Å². The molecule has 0 radical (unpaired) electrons. The third-order valence-corrected chi connectivity index (χ3v) is 5.58. The van der Waals surface area contributed by atoms with Crippen molar-refractivity contribution in [2.75, 3.05) is 10.6 Å². The molecule has 7 nitrogen and oxygen atoms in total. The Hall–Kier alpha value is -4.37. The third kappa shape index (κ3) is 6.58. The fraction of sp³-hybridized carbons (Fsp3) is 0.0769. The number of benzene rings is 2. The van der Waals surface area contributed by atoms with Gasteiger partial charge >= 0.3 is 0 Å². The molecule has 0 aliphatic heterocycles. The van der Waals surface area contributed by atoms with Gasteiger partial charge in [0.1, 0.15) is 23.9 Å². The second kappa shape index (κ2) is 11.2. The fourth-order valence-corrected chi connectivity index (χ4v) is 3.73. The number of hydrogen-bond acceptors (Lipinski definition) is 6. The molecule has 35 heavy (non-hydrogen) atoms. The number of aryl methyl sites for hydroxylation is 1. The summed E-state index contributed by atoms with van der Waals surface area (Å²) >= 11 is 1.55. The molecule has 0 atom stereocenters. The van der Waals surface area contributed by atoms with Crippen LogP contribution >= 0.6 is 11.3 Å². The topological polar surface area (TPSA) is 93.2 Å². The molecule has 9 heteroatoms. The lowest BCUT2D eigenvalue weighted by Gasteiger charge is -2.11. The number of amides is 2. The minimum atomic E-state index is -0.559. The molecule has 4 rings (SSSR count). The molecule has 0 aliphatic rings. The van der Waals surface area contributed by atoms with E-state index in [4.69, 9.17) is 4.74 Å². The minimum absolute atomic E-state index is 0.118. The van der Waals surface area contributed by atoms with Crippen molar-refractivity contribution in [1.82, 2.24) is 9.97 Å². The highest BCUT2D eigenvalue weighted by molar-refractivity contribution is 7.09. The molecule has 0 fully saturated rings. The Morgan fingerprint density at radius 1 is 1.06 bits per heavy atom. The van der Waals surface area contributed by atoms with Crippen LogP contribution in [0.4, 0.5) is 15.8 Å². The average molecular weight is 489 g/mol. The number of para-hydroxylation sites is 1. The summed E-state index contributed by atoms with van der Waals surface area (Å²) in [5.74, 6) is -0.953. The highest BCUT2D eigenvalue weighted by Crippen LogP contribution is 2.24. The maximum absolute atomic E-state index is 13.9. The summed E-state index contributed by atoms with van der Waals surface area (Å²) < 4.78 is 19.7. The molecule has 0 spiro atoms. The number of ether oxygens (including phenoxy) is 1.